The first kappa shape index (κ1) is 17.1. The van der Waals surface area contributed by atoms with E-state index >= 15 is 0 Å². The fourth-order valence-electron chi connectivity index (χ4n) is 3.85. The molecule has 3 aliphatic heterocycles. The summed E-state index contributed by atoms with van der Waals surface area (Å²) in [5.41, 5.74) is 0.748. The Morgan fingerprint density at radius 2 is 2.21 bits per heavy atom. The number of carboxylic acid groups (broad SMARTS) is 1. The molecule has 0 bridgehead atoms. The molecular formula is C16H23F2N3O3. The van der Waals surface area contributed by atoms with E-state index in [1.165, 1.54) is 0 Å². The zero-order chi connectivity index (χ0) is 17.5. The monoisotopic (exact) mass is 343 g/mol. The summed E-state index contributed by atoms with van der Waals surface area (Å²) in [5, 5.41) is 9.18. The molecule has 3 rings (SSSR count). The van der Waals surface area contributed by atoms with Crippen LogP contribution in [0.5, 0.6) is 0 Å². The highest BCUT2D eigenvalue weighted by Crippen LogP contribution is 2.32. The molecule has 0 unspecified atom stereocenters. The van der Waals surface area contributed by atoms with Gasteiger partial charge in [0.25, 0.3) is 5.92 Å². The third-order valence-corrected chi connectivity index (χ3v) is 5.20. The second-order valence-electron chi connectivity index (χ2n) is 6.90. The van der Waals surface area contributed by atoms with E-state index in [1.807, 2.05) is 6.08 Å². The lowest BCUT2D eigenvalue weighted by molar-refractivity contribution is -0.138. The van der Waals surface area contributed by atoms with Crippen molar-refractivity contribution >= 4 is 12.0 Å². The van der Waals surface area contributed by atoms with Crippen LogP contribution in [-0.2, 0) is 4.79 Å². The number of halogens is 2. The standard InChI is InChI=1S/C16H23F2N3O3/c1-11-14(22)21-12(4-5-13(21)9-20(11)15(23)24)3-2-7-19-8-6-16(17,18)10-19/h5,11-12H,2-4,6-10H2,1H3,(H,23,24)/t11-,12-/m0/s1. The molecule has 134 valence electrons. The number of amides is 2. The van der Waals surface area contributed by atoms with Gasteiger partial charge in [-0.25, -0.2) is 13.6 Å². The summed E-state index contributed by atoms with van der Waals surface area (Å²) in [7, 11) is 0. The van der Waals surface area contributed by atoms with Gasteiger partial charge in [0.15, 0.2) is 0 Å². The Balaban J connectivity index is 1.53. The zero-order valence-corrected chi connectivity index (χ0v) is 13.8. The summed E-state index contributed by atoms with van der Waals surface area (Å²) in [5.74, 6) is -2.76. The van der Waals surface area contributed by atoms with Gasteiger partial charge in [-0.15, -0.1) is 0 Å². The van der Waals surface area contributed by atoms with Crippen molar-refractivity contribution in [3.8, 4) is 0 Å². The number of hydrogen-bond acceptors (Lipinski definition) is 3. The van der Waals surface area contributed by atoms with Gasteiger partial charge in [0, 0.05) is 24.7 Å². The molecule has 0 aromatic rings. The Morgan fingerprint density at radius 1 is 1.46 bits per heavy atom. The van der Waals surface area contributed by atoms with Crippen molar-refractivity contribution in [1.29, 1.82) is 0 Å². The van der Waals surface area contributed by atoms with Crippen molar-refractivity contribution in [3.63, 3.8) is 0 Å². The van der Waals surface area contributed by atoms with Crippen LogP contribution >= 0.6 is 0 Å². The largest absolute Gasteiger partial charge is 0.465 e. The summed E-state index contributed by atoms with van der Waals surface area (Å²) in [6.45, 7) is 2.70. The van der Waals surface area contributed by atoms with Crippen LogP contribution in [0.4, 0.5) is 13.6 Å². The normalized spacial score (nSPS) is 29.8. The fourth-order valence-corrected chi connectivity index (χ4v) is 3.85. The molecule has 0 aliphatic carbocycles. The van der Waals surface area contributed by atoms with Crippen LogP contribution in [0.3, 0.4) is 0 Å². The molecule has 3 heterocycles. The quantitative estimate of drug-likeness (QED) is 0.848. The molecule has 0 aromatic carbocycles. The maximum Gasteiger partial charge on any atom is 0.408 e. The molecule has 2 atom stereocenters. The van der Waals surface area contributed by atoms with Gasteiger partial charge < -0.3 is 10.0 Å². The topological polar surface area (TPSA) is 64.1 Å². The van der Waals surface area contributed by atoms with Gasteiger partial charge in [0.1, 0.15) is 6.04 Å². The van der Waals surface area contributed by atoms with Crippen LogP contribution in [0.15, 0.2) is 11.8 Å². The molecule has 6 nitrogen and oxygen atoms in total. The van der Waals surface area contributed by atoms with Gasteiger partial charge in [-0.05, 0) is 32.7 Å². The Bertz CT molecular complexity index is 567. The Hall–Kier alpha value is -1.70. The van der Waals surface area contributed by atoms with E-state index in [0.717, 1.165) is 23.4 Å². The highest BCUT2D eigenvalue weighted by Gasteiger charge is 2.42. The molecule has 0 radical (unpaired) electrons. The predicted molar refractivity (Wildman–Crippen MR) is 82.8 cm³/mol. The smallest absolute Gasteiger partial charge is 0.408 e. The first-order chi connectivity index (χ1) is 11.3. The maximum absolute atomic E-state index is 13.2. The van der Waals surface area contributed by atoms with E-state index in [9.17, 15) is 23.5 Å². The summed E-state index contributed by atoms with van der Waals surface area (Å²) in [4.78, 5) is 28.4. The second kappa shape index (κ2) is 6.31. The van der Waals surface area contributed by atoms with Gasteiger partial charge in [-0.3, -0.25) is 14.6 Å². The van der Waals surface area contributed by atoms with E-state index < -0.39 is 18.1 Å². The third kappa shape index (κ3) is 3.24. The number of nitrogens with zero attached hydrogens (tertiary/aromatic N) is 3. The third-order valence-electron chi connectivity index (χ3n) is 5.20. The molecule has 2 fully saturated rings. The van der Waals surface area contributed by atoms with Crippen molar-refractivity contribution in [2.24, 2.45) is 0 Å². The highest BCUT2D eigenvalue weighted by molar-refractivity contribution is 5.88. The van der Waals surface area contributed by atoms with Crippen LogP contribution < -0.4 is 0 Å². The lowest BCUT2D eigenvalue weighted by atomic mass is 10.1. The van der Waals surface area contributed by atoms with Crippen molar-refractivity contribution < 1.29 is 23.5 Å². The summed E-state index contributed by atoms with van der Waals surface area (Å²) >= 11 is 0. The maximum atomic E-state index is 13.2. The molecule has 2 amide bonds. The number of carbonyl (C=O) groups excluding carboxylic acids is 1. The number of likely N-dealkylation sites (tertiary alicyclic amines) is 1. The van der Waals surface area contributed by atoms with Crippen molar-refractivity contribution in [2.45, 2.75) is 50.6 Å². The molecule has 3 aliphatic rings. The van der Waals surface area contributed by atoms with Gasteiger partial charge in [0.05, 0.1) is 13.1 Å². The minimum atomic E-state index is -2.57. The number of hydrogen-bond donors (Lipinski definition) is 1. The second-order valence-corrected chi connectivity index (χ2v) is 6.90. The Labute approximate surface area is 139 Å². The SMILES string of the molecule is C[C@H]1C(=O)N2C(=CC[C@@H]2CCCN2CCC(F)(F)C2)CN1C(=O)O. The highest BCUT2D eigenvalue weighted by atomic mass is 19.3. The number of piperazine rings is 1. The first-order valence-electron chi connectivity index (χ1n) is 8.40. The van der Waals surface area contributed by atoms with Gasteiger partial charge >= 0.3 is 6.09 Å². The van der Waals surface area contributed by atoms with Crippen LogP contribution in [0.25, 0.3) is 0 Å². The first-order valence-corrected chi connectivity index (χ1v) is 8.40. The lowest BCUT2D eigenvalue weighted by Gasteiger charge is -2.40. The zero-order valence-electron chi connectivity index (χ0n) is 13.8. The number of carbonyl (C=O) groups is 2. The van der Waals surface area contributed by atoms with Crippen LogP contribution in [-0.4, -0.2) is 76.0 Å². The summed E-state index contributed by atoms with van der Waals surface area (Å²) in [6, 6.07) is -0.661. The molecular weight excluding hydrogens is 320 g/mol. The van der Waals surface area contributed by atoms with Crippen LogP contribution in [0.2, 0.25) is 0 Å². The van der Waals surface area contributed by atoms with Crippen molar-refractivity contribution in [2.75, 3.05) is 26.2 Å². The molecule has 2 saturated heterocycles. The van der Waals surface area contributed by atoms with Crippen LogP contribution in [0, 0.1) is 0 Å². The average Bonchev–Trinajstić information content (AvgIpc) is 3.06. The van der Waals surface area contributed by atoms with Gasteiger partial charge in [-0.2, -0.15) is 0 Å². The van der Waals surface area contributed by atoms with Gasteiger partial charge in [0.2, 0.25) is 5.91 Å². The molecule has 1 N–H and O–H groups in total. The molecule has 0 spiro atoms. The Kier molecular flexibility index (Phi) is 4.50. The molecule has 0 aromatic heterocycles. The van der Waals surface area contributed by atoms with E-state index in [2.05, 4.69) is 0 Å². The number of rotatable bonds is 4. The number of alkyl halides is 2. The molecule has 8 heteroatoms. The van der Waals surface area contributed by atoms with Gasteiger partial charge in [-0.1, -0.05) is 6.08 Å². The number of fused-ring (bicyclic) bond motifs is 1. The van der Waals surface area contributed by atoms with E-state index in [-0.39, 0.29) is 31.5 Å². The van der Waals surface area contributed by atoms with Crippen molar-refractivity contribution in [3.05, 3.63) is 11.8 Å². The van der Waals surface area contributed by atoms with E-state index in [1.54, 1.807) is 16.7 Å². The molecule has 0 saturated carbocycles. The molecule has 24 heavy (non-hydrogen) atoms. The van der Waals surface area contributed by atoms with E-state index in [0.29, 0.717) is 19.5 Å². The average molecular weight is 343 g/mol. The predicted octanol–water partition coefficient (Wildman–Crippen LogP) is 1.97. The fraction of sp³-hybridized carbons (Fsp3) is 0.750. The lowest BCUT2D eigenvalue weighted by Crippen LogP contribution is -2.57. The Morgan fingerprint density at radius 3 is 2.83 bits per heavy atom. The minimum absolute atomic E-state index is 0.0222. The summed E-state index contributed by atoms with van der Waals surface area (Å²) in [6.07, 6.45) is 2.96. The summed E-state index contributed by atoms with van der Waals surface area (Å²) < 4.78 is 26.4. The minimum Gasteiger partial charge on any atom is -0.465 e. The van der Waals surface area contributed by atoms with E-state index in [4.69, 9.17) is 0 Å². The van der Waals surface area contributed by atoms with Crippen LogP contribution in [0.1, 0.15) is 32.6 Å². The van der Waals surface area contributed by atoms with Crippen molar-refractivity contribution in [1.82, 2.24) is 14.7 Å².